The molecule has 0 spiro atoms. The van der Waals surface area contributed by atoms with Crippen molar-refractivity contribution in [2.45, 2.75) is 25.4 Å². The lowest BCUT2D eigenvalue weighted by Crippen LogP contribution is -2.18. The van der Waals surface area contributed by atoms with E-state index >= 15 is 0 Å². The lowest BCUT2D eigenvalue weighted by atomic mass is 10.2. The highest BCUT2D eigenvalue weighted by atomic mass is 32.1. The van der Waals surface area contributed by atoms with E-state index < -0.39 is 0 Å². The van der Waals surface area contributed by atoms with E-state index in [1.54, 1.807) is 5.38 Å². The second-order valence-corrected chi connectivity index (χ2v) is 4.84. The van der Waals surface area contributed by atoms with Crippen molar-refractivity contribution in [3.63, 3.8) is 0 Å². The topological polar surface area (TPSA) is 74.4 Å². The SMILES string of the molecule is NCCc1nc(C(=O)OCC2CCCO2)cs1. The number of rotatable bonds is 5. The highest BCUT2D eigenvalue weighted by Crippen LogP contribution is 2.14. The van der Waals surface area contributed by atoms with Crippen LogP contribution >= 0.6 is 11.3 Å². The summed E-state index contributed by atoms with van der Waals surface area (Å²) >= 11 is 1.44. The highest BCUT2D eigenvalue weighted by Gasteiger charge is 2.19. The van der Waals surface area contributed by atoms with Crippen LogP contribution in [-0.2, 0) is 15.9 Å². The van der Waals surface area contributed by atoms with Crippen LogP contribution < -0.4 is 5.73 Å². The number of nitrogens with two attached hydrogens (primary N) is 1. The van der Waals surface area contributed by atoms with E-state index in [2.05, 4.69) is 4.98 Å². The van der Waals surface area contributed by atoms with Gasteiger partial charge in [-0.25, -0.2) is 9.78 Å². The first-order valence-corrected chi connectivity index (χ1v) is 6.60. The largest absolute Gasteiger partial charge is 0.458 e. The number of hydrogen-bond donors (Lipinski definition) is 1. The summed E-state index contributed by atoms with van der Waals surface area (Å²) in [6.45, 7) is 1.63. The van der Waals surface area contributed by atoms with Gasteiger partial charge in [0.25, 0.3) is 0 Å². The van der Waals surface area contributed by atoms with Gasteiger partial charge in [0.05, 0.1) is 11.1 Å². The molecule has 1 aromatic heterocycles. The Bertz CT molecular complexity index is 375. The molecule has 2 heterocycles. The van der Waals surface area contributed by atoms with Crippen LogP contribution in [0.5, 0.6) is 0 Å². The van der Waals surface area contributed by atoms with E-state index in [-0.39, 0.29) is 12.1 Å². The van der Waals surface area contributed by atoms with Crippen LogP contribution in [0.4, 0.5) is 0 Å². The Morgan fingerprint density at radius 3 is 3.29 bits per heavy atom. The van der Waals surface area contributed by atoms with Crippen LogP contribution in [0.2, 0.25) is 0 Å². The fraction of sp³-hybridized carbons (Fsp3) is 0.636. The zero-order chi connectivity index (χ0) is 12.1. The van der Waals surface area contributed by atoms with Crippen molar-refractivity contribution in [1.29, 1.82) is 0 Å². The van der Waals surface area contributed by atoms with Gasteiger partial charge in [0, 0.05) is 18.4 Å². The third kappa shape index (κ3) is 3.49. The quantitative estimate of drug-likeness (QED) is 0.795. The van der Waals surface area contributed by atoms with Crippen LogP contribution in [0.25, 0.3) is 0 Å². The minimum absolute atomic E-state index is 0.0566. The van der Waals surface area contributed by atoms with E-state index in [4.69, 9.17) is 15.2 Å². The van der Waals surface area contributed by atoms with Crippen molar-refractivity contribution >= 4 is 17.3 Å². The highest BCUT2D eigenvalue weighted by molar-refractivity contribution is 7.09. The molecule has 0 radical (unpaired) electrons. The summed E-state index contributed by atoms with van der Waals surface area (Å²) in [6, 6.07) is 0. The molecule has 0 amide bonds. The van der Waals surface area contributed by atoms with Gasteiger partial charge < -0.3 is 15.2 Å². The van der Waals surface area contributed by atoms with Crippen LogP contribution in [0.1, 0.15) is 28.3 Å². The summed E-state index contributed by atoms with van der Waals surface area (Å²) in [7, 11) is 0. The third-order valence-electron chi connectivity index (χ3n) is 2.54. The van der Waals surface area contributed by atoms with E-state index in [9.17, 15) is 4.79 Å². The molecule has 17 heavy (non-hydrogen) atoms. The molecule has 94 valence electrons. The zero-order valence-corrected chi connectivity index (χ0v) is 10.4. The summed E-state index contributed by atoms with van der Waals surface area (Å²) in [5, 5.41) is 2.58. The average Bonchev–Trinajstić information content (AvgIpc) is 2.97. The molecule has 1 saturated heterocycles. The van der Waals surface area contributed by atoms with E-state index in [1.807, 2.05) is 0 Å². The van der Waals surface area contributed by atoms with Crippen molar-refractivity contribution < 1.29 is 14.3 Å². The van der Waals surface area contributed by atoms with Crippen molar-refractivity contribution in [3.8, 4) is 0 Å². The third-order valence-corrected chi connectivity index (χ3v) is 3.45. The Balaban J connectivity index is 1.81. The maximum Gasteiger partial charge on any atom is 0.357 e. The van der Waals surface area contributed by atoms with E-state index in [0.717, 1.165) is 24.5 Å². The fourth-order valence-corrected chi connectivity index (χ4v) is 2.44. The number of nitrogens with zero attached hydrogens (tertiary/aromatic N) is 1. The molecule has 1 aliphatic rings. The van der Waals surface area contributed by atoms with Gasteiger partial charge in [0.2, 0.25) is 0 Å². The van der Waals surface area contributed by atoms with Crippen LogP contribution in [0.15, 0.2) is 5.38 Å². The van der Waals surface area contributed by atoms with Crippen molar-refractivity contribution in [2.24, 2.45) is 5.73 Å². The lowest BCUT2D eigenvalue weighted by Gasteiger charge is -2.08. The van der Waals surface area contributed by atoms with Gasteiger partial charge in [-0.05, 0) is 19.4 Å². The first-order valence-electron chi connectivity index (χ1n) is 5.73. The van der Waals surface area contributed by atoms with Gasteiger partial charge in [-0.2, -0.15) is 0 Å². The molecular formula is C11H16N2O3S. The first-order chi connectivity index (χ1) is 8.29. The lowest BCUT2D eigenvalue weighted by molar-refractivity contribution is 0.0157. The molecule has 0 aromatic carbocycles. The number of thiazole rings is 1. The zero-order valence-electron chi connectivity index (χ0n) is 9.55. The average molecular weight is 256 g/mol. The maximum atomic E-state index is 11.7. The molecule has 1 aliphatic heterocycles. The van der Waals surface area contributed by atoms with Gasteiger partial charge in [-0.15, -0.1) is 11.3 Å². The van der Waals surface area contributed by atoms with Gasteiger partial charge in [-0.1, -0.05) is 0 Å². The van der Waals surface area contributed by atoms with Gasteiger partial charge in [0.1, 0.15) is 6.61 Å². The summed E-state index contributed by atoms with van der Waals surface area (Å²) in [5.74, 6) is -0.375. The van der Waals surface area contributed by atoms with Gasteiger partial charge in [0.15, 0.2) is 5.69 Å². The van der Waals surface area contributed by atoms with Crippen molar-refractivity contribution in [1.82, 2.24) is 4.98 Å². The second-order valence-electron chi connectivity index (χ2n) is 3.90. The monoisotopic (exact) mass is 256 g/mol. The normalized spacial score (nSPS) is 19.5. The first kappa shape index (κ1) is 12.5. The summed E-state index contributed by atoms with van der Waals surface area (Å²) in [5.41, 5.74) is 5.79. The molecule has 1 atom stereocenters. The number of hydrogen-bond acceptors (Lipinski definition) is 6. The Morgan fingerprint density at radius 1 is 1.71 bits per heavy atom. The second kappa shape index (κ2) is 6.09. The number of aromatic nitrogens is 1. The minimum Gasteiger partial charge on any atom is -0.458 e. The number of carbonyl (C=O) groups is 1. The Hall–Kier alpha value is -0.980. The van der Waals surface area contributed by atoms with E-state index in [0.29, 0.717) is 25.3 Å². The summed E-state index contributed by atoms with van der Waals surface area (Å²) < 4.78 is 10.5. The molecule has 6 heteroatoms. The molecule has 1 unspecified atom stereocenters. The fourth-order valence-electron chi connectivity index (χ4n) is 1.66. The Kier molecular flexibility index (Phi) is 4.47. The smallest absolute Gasteiger partial charge is 0.357 e. The number of carbonyl (C=O) groups excluding carboxylic acids is 1. The number of ether oxygens (including phenoxy) is 2. The maximum absolute atomic E-state index is 11.7. The molecule has 5 nitrogen and oxygen atoms in total. The molecule has 1 aromatic rings. The number of esters is 1. The van der Waals surface area contributed by atoms with Gasteiger partial charge >= 0.3 is 5.97 Å². The molecule has 2 rings (SSSR count). The molecule has 2 N–H and O–H groups in total. The molecule has 0 aliphatic carbocycles. The predicted molar refractivity (Wildman–Crippen MR) is 64.1 cm³/mol. The molecule has 0 saturated carbocycles. The van der Waals surface area contributed by atoms with E-state index in [1.165, 1.54) is 11.3 Å². The standard InChI is InChI=1S/C11H16N2O3S/c12-4-3-10-13-9(7-17-10)11(14)16-6-8-2-1-5-15-8/h7-8H,1-6,12H2. The van der Waals surface area contributed by atoms with Crippen LogP contribution in [0.3, 0.4) is 0 Å². The van der Waals surface area contributed by atoms with Crippen molar-refractivity contribution in [2.75, 3.05) is 19.8 Å². The summed E-state index contributed by atoms with van der Waals surface area (Å²) in [6.07, 6.45) is 2.76. The molecule has 0 bridgehead atoms. The van der Waals surface area contributed by atoms with Crippen LogP contribution in [0, 0.1) is 0 Å². The Morgan fingerprint density at radius 2 is 2.59 bits per heavy atom. The van der Waals surface area contributed by atoms with Crippen LogP contribution in [-0.4, -0.2) is 36.8 Å². The van der Waals surface area contributed by atoms with Gasteiger partial charge in [-0.3, -0.25) is 0 Å². The molecule has 1 fully saturated rings. The Labute approximate surface area is 104 Å². The molecular weight excluding hydrogens is 240 g/mol. The summed E-state index contributed by atoms with van der Waals surface area (Å²) in [4.78, 5) is 15.8. The minimum atomic E-state index is -0.375. The van der Waals surface area contributed by atoms with Crippen molar-refractivity contribution in [3.05, 3.63) is 16.1 Å². The predicted octanol–water partition coefficient (Wildman–Crippen LogP) is 0.980.